The van der Waals surface area contributed by atoms with Crippen LogP contribution in [-0.4, -0.2) is 33.8 Å². The van der Waals surface area contributed by atoms with E-state index in [-0.39, 0.29) is 18.7 Å². The number of anilines is 2. The minimum atomic E-state index is -4.46. The van der Waals surface area contributed by atoms with Crippen molar-refractivity contribution < 1.29 is 32.2 Å². The van der Waals surface area contributed by atoms with E-state index in [9.17, 15) is 18.0 Å². The maximum absolute atomic E-state index is 12.7. The van der Waals surface area contributed by atoms with E-state index in [0.29, 0.717) is 22.9 Å². The molecule has 0 fully saturated rings. The van der Waals surface area contributed by atoms with Gasteiger partial charge in [-0.3, -0.25) is 4.79 Å². The molecule has 0 aliphatic heterocycles. The molecule has 0 aliphatic carbocycles. The number of nitrogens with one attached hydrogen (secondary N) is 2. The second-order valence-electron chi connectivity index (χ2n) is 5.72. The largest absolute Gasteiger partial charge is 0.493 e. The Labute approximate surface area is 160 Å². The first-order chi connectivity index (χ1) is 13.3. The lowest BCUT2D eigenvalue weighted by molar-refractivity contribution is -0.137. The number of methoxy groups -OCH3 is 3. The molecule has 0 saturated heterocycles. The third kappa shape index (κ3) is 5.45. The number of amides is 1. The highest BCUT2D eigenvalue weighted by molar-refractivity contribution is 5.91. The van der Waals surface area contributed by atoms with Crippen LogP contribution in [0.3, 0.4) is 0 Å². The Morgan fingerprint density at radius 2 is 1.61 bits per heavy atom. The van der Waals surface area contributed by atoms with Gasteiger partial charge in [-0.05, 0) is 18.2 Å². The van der Waals surface area contributed by atoms with Gasteiger partial charge >= 0.3 is 6.18 Å². The lowest BCUT2D eigenvalue weighted by atomic mass is 10.2. The van der Waals surface area contributed by atoms with Gasteiger partial charge in [0.15, 0.2) is 11.5 Å². The molecular weight excluding hydrogens is 377 g/mol. The molecule has 0 atom stereocenters. The fraction of sp³-hybridized carbons (Fsp3) is 0.316. The highest BCUT2D eigenvalue weighted by Crippen LogP contribution is 2.39. The number of carbonyl (C=O) groups excluding carboxylic acids is 1. The van der Waals surface area contributed by atoms with E-state index in [2.05, 4.69) is 10.6 Å². The van der Waals surface area contributed by atoms with Gasteiger partial charge in [-0.1, -0.05) is 6.07 Å². The molecule has 28 heavy (non-hydrogen) atoms. The van der Waals surface area contributed by atoms with E-state index in [4.69, 9.17) is 14.2 Å². The fourth-order valence-electron chi connectivity index (χ4n) is 2.50. The molecule has 2 aromatic carbocycles. The molecule has 152 valence electrons. The van der Waals surface area contributed by atoms with Gasteiger partial charge in [0.2, 0.25) is 11.7 Å². The van der Waals surface area contributed by atoms with Crippen LogP contribution in [0.25, 0.3) is 0 Å². The Morgan fingerprint density at radius 1 is 0.964 bits per heavy atom. The summed E-state index contributed by atoms with van der Waals surface area (Å²) >= 11 is 0. The lowest BCUT2D eigenvalue weighted by Crippen LogP contribution is -2.17. The molecule has 0 saturated carbocycles. The monoisotopic (exact) mass is 398 g/mol. The Kier molecular flexibility index (Phi) is 6.97. The Hall–Kier alpha value is -3.10. The van der Waals surface area contributed by atoms with Crippen LogP contribution in [0.1, 0.15) is 12.0 Å². The minimum Gasteiger partial charge on any atom is -0.493 e. The zero-order valence-corrected chi connectivity index (χ0v) is 15.6. The number of ether oxygens (including phenoxy) is 3. The van der Waals surface area contributed by atoms with Gasteiger partial charge in [0.1, 0.15) is 0 Å². The molecule has 0 spiro atoms. The van der Waals surface area contributed by atoms with Crippen LogP contribution in [0.15, 0.2) is 36.4 Å². The van der Waals surface area contributed by atoms with Crippen molar-refractivity contribution in [3.05, 3.63) is 42.0 Å². The van der Waals surface area contributed by atoms with Crippen molar-refractivity contribution in [2.45, 2.75) is 12.6 Å². The Balaban J connectivity index is 1.96. The van der Waals surface area contributed by atoms with Crippen LogP contribution in [0.4, 0.5) is 24.5 Å². The molecule has 0 radical (unpaired) electrons. The average molecular weight is 398 g/mol. The third-order valence-corrected chi connectivity index (χ3v) is 3.82. The highest BCUT2D eigenvalue weighted by Gasteiger charge is 2.30. The molecule has 1 amide bonds. The predicted octanol–water partition coefficient (Wildman–Crippen LogP) is 4.17. The number of hydrogen-bond acceptors (Lipinski definition) is 5. The smallest absolute Gasteiger partial charge is 0.416 e. The van der Waals surface area contributed by atoms with Crippen molar-refractivity contribution in [3.8, 4) is 17.2 Å². The first kappa shape index (κ1) is 21.2. The first-order valence-electron chi connectivity index (χ1n) is 8.29. The number of alkyl halides is 3. The van der Waals surface area contributed by atoms with Crippen molar-refractivity contribution >= 4 is 17.3 Å². The van der Waals surface area contributed by atoms with Crippen LogP contribution in [0.2, 0.25) is 0 Å². The summed E-state index contributed by atoms with van der Waals surface area (Å²) in [5.41, 5.74) is -0.0881. The summed E-state index contributed by atoms with van der Waals surface area (Å²) in [6.07, 6.45) is -4.42. The number of benzene rings is 2. The topological polar surface area (TPSA) is 68.8 Å². The van der Waals surface area contributed by atoms with E-state index in [1.165, 1.54) is 33.5 Å². The summed E-state index contributed by atoms with van der Waals surface area (Å²) in [7, 11) is 4.47. The van der Waals surface area contributed by atoms with Gasteiger partial charge in [0.25, 0.3) is 0 Å². The maximum Gasteiger partial charge on any atom is 0.416 e. The second kappa shape index (κ2) is 9.20. The molecule has 9 heteroatoms. The van der Waals surface area contributed by atoms with Crippen LogP contribution in [0, 0.1) is 0 Å². The molecule has 6 nitrogen and oxygen atoms in total. The molecule has 2 rings (SSSR count). The molecule has 2 N–H and O–H groups in total. The van der Waals surface area contributed by atoms with Crippen LogP contribution >= 0.6 is 0 Å². The molecule has 0 unspecified atom stereocenters. The van der Waals surface area contributed by atoms with E-state index in [1.807, 2.05) is 0 Å². The molecule has 0 heterocycles. The van der Waals surface area contributed by atoms with Crippen molar-refractivity contribution in [2.75, 3.05) is 38.5 Å². The summed E-state index contributed by atoms with van der Waals surface area (Å²) < 4.78 is 53.9. The first-order valence-corrected chi connectivity index (χ1v) is 8.29. The van der Waals surface area contributed by atoms with Gasteiger partial charge in [-0.2, -0.15) is 13.2 Å². The van der Waals surface area contributed by atoms with Crippen LogP contribution < -0.4 is 24.8 Å². The van der Waals surface area contributed by atoms with Crippen molar-refractivity contribution in [2.24, 2.45) is 0 Å². The molecule has 0 aromatic heterocycles. The van der Waals surface area contributed by atoms with Gasteiger partial charge in [0, 0.05) is 36.5 Å². The van der Waals surface area contributed by atoms with Gasteiger partial charge in [-0.25, -0.2) is 0 Å². The zero-order chi connectivity index (χ0) is 20.7. The summed E-state index contributed by atoms with van der Waals surface area (Å²) in [5, 5.41) is 5.50. The van der Waals surface area contributed by atoms with E-state index in [1.54, 1.807) is 12.1 Å². The summed E-state index contributed by atoms with van der Waals surface area (Å²) in [6.45, 7) is 0.253. The standard InChI is InChI=1S/C19H21F3N2O4/c1-26-15-10-14(11-16(27-2)18(15)28-3)23-8-7-17(25)24-13-6-4-5-12(9-13)19(20,21)22/h4-6,9-11,23H,7-8H2,1-3H3,(H,24,25). The van der Waals surface area contributed by atoms with Crippen molar-refractivity contribution in [3.63, 3.8) is 0 Å². The molecular formula is C19H21F3N2O4. The molecule has 2 aromatic rings. The minimum absolute atomic E-state index is 0.0485. The normalized spacial score (nSPS) is 10.9. The quantitative estimate of drug-likeness (QED) is 0.699. The van der Waals surface area contributed by atoms with Gasteiger partial charge < -0.3 is 24.8 Å². The summed E-state index contributed by atoms with van der Waals surface area (Å²) in [5.74, 6) is 0.938. The predicted molar refractivity (Wildman–Crippen MR) is 99.3 cm³/mol. The van der Waals surface area contributed by atoms with Crippen LogP contribution in [0.5, 0.6) is 17.2 Å². The lowest BCUT2D eigenvalue weighted by Gasteiger charge is -2.15. The number of rotatable bonds is 8. The number of halogens is 3. The van der Waals surface area contributed by atoms with Gasteiger partial charge in [0.05, 0.1) is 26.9 Å². The molecule has 0 bridgehead atoms. The Bertz CT molecular complexity index is 800. The van der Waals surface area contributed by atoms with E-state index >= 15 is 0 Å². The van der Waals surface area contributed by atoms with E-state index < -0.39 is 17.6 Å². The summed E-state index contributed by atoms with van der Waals surface area (Å²) in [4.78, 5) is 12.0. The summed E-state index contributed by atoms with van der Waals surface area (Å²) in [6, 6.07) is 7.86. The maximum atomic E-state index is 12.7. The zero-order valence-electron chi connectivity index (χ0n) is 15.6. The van der Waals surface area contributed by atoms with Crippen molar-refractivity contribution in [1.82, 2.24) is 0 Å². The van der Waals surface area contributed by atoms with Crippen LogP contribution in [-0.2, 0) is 11.0 Å². The average Bonchev–Trinajstić information content (AvgIpc) is 2.66. The van der Waals surface area contributed by atoms with Crippen molar-refractivity contribution in [1.29, 1.82) is 0 Å². The fourth-order valence-corrected chi connectivity index (χ4v) is 2.50. The van der Waals surface area contributed by atoms with E-state index in [0.717, 1.165) is 12.1 Å². The number of carbonyl (C=O) groups is 1. The molecule has 0 aliphatic rings. The number of hydrogen-bond donors (Lipinski definition) is 2. The SMILES string of the molecule is COc1cc(NCCC(=O)Nc2cccc(C(F)(F)F)c2)cc(OC)c1OC. The third-order valence-electron chi connectivity index (χ3n) is 3.82. The second-order valence-corrected chi connectivity index (χ2v) is 5.72. The highest BCUT2D eigenvalue weighted by atomic mass is 19.4. The van der Waals surface area contributed by atoms with Gasteiger partial charge in [-0.15, -0.1) is 0 Å². The Morgan fingerprint density at radius 3 is 2.14 bits per heavy atom.